The minimum Gasteiger partial charge on any atom is -0.491 e. The molecule has 2 aromatic carbocycles. The maximum Gasteiger partial charge on any atom is 0.232 e. The van der Waals surface area contributed by atoms with Crippen molar-refractivity contribution in [3.05, 3.63) is 60.2 Å². The molecular formula is C23H32N2O5S. The van der Waals surface area contributed by atoms with Crippen LogP contribution in [0.3, 0.4) is 0 Å². The molecule has 2 rings (SSSR count). The fourth-order valence-electron chi connectivity index (χ4n) is 2.95. The largest absolute Gasteiger partial charge is 0.491 e. The number of hydrogen-bond acceptors (Lipinski definition) is 5. The van der Waals surface area contributed by atoms with E-state index in [0.29, 0.717) is 37.6 Å². The molecule has 0 aliphatic carbocycles. The predicted octanol–water partition coefficient (Wildman–Crippen LogP) is 3.35. The molecular weight excluding hydrogens is 416 g/mol. The highest BCUT2D eigenvalue weighted by Gasteiger charge is 2.17. The first-order valence-electron chi connectivity index (χ1n) is 10.4. The lowest BCUT2D eigenvalue weighted by molar-refractivity contribution is -0.121. The number of benzene rings is 2. The lowest BCUT2D eigenvalue weighted by Gasteiger charge is -2.22. The molecule has 0 heterocycles. The predicted molar refractivity (Wildman–Crippen MR) is 123 cm³/mol. The highest BCUT2D eigenvalue weighted by atomic mass is 32.2. The van der Waals surface area contributed by atoms with Crippen molar-refractivity contribution < 1.29 is 22.7 Å². The van der Waals surface area contributed by atoms with Crippen LogP contribution in [0.15, 0.2) is 54.6 Å². The minimum absolute atomic E-state index is 0.0408. The molecule has 1 N–H and O–H groups in total. The third-order valence-electron chi connectivity index (χ3n) is 4.34. The molecule has 0 saturated carbocycles. The second kappa shape index (κ2) is 12.3. The summed E-state index contributed by atoms with van der Waals surface area (Å²) in [5, 5.41) is 2.80. The molecule has 7 nitrogen and oxygen atoms in total. The number of nitrogens with zero attached hydrogens (tertiary/aromatic N) is 1. The Morgan fingerprint density at radius 3 is 2.35 bits per heavy atom. The van der Waals surface area contributed by atoms with Crippen LogP contribution in [-0.2, 0) is 26.2 Å². The second-order valence-electron chi connectivity index (χ2n) is 7.49. The zero-order valence-electron chi connectivity index (χ0n) is 18.4. The Kier molecular flexibility index (Phi) is 9.81. The lowest BCUT2D eigenvalue weighted by Crippen LogP contribution is -2.32. The lowest BCUT2D eigenvalue weighted by atomic mass is 10.2. The van der Waals surface area contributed by atoms with E-state index in [9.17, 15) is 13.2 Å². The number of ether oxygens (including phenoxy) is 2. The summed E-state index contributed by atoms with van der Waals surface area (Å²) in [6.45, 7) is 5.41. The minimum atomic E-state index is -3.46. The normalized spacial score (nSPS) is 11.4. The summed E-state index contributed by atoms with van der Waals surface area (Å²) >= 11 is 0. The molecule has 0 bridgehead atoms. The van der Waals surface area contributed by atoms with Crippen LogP contribution in [-0.4, -0.2) is 46.4 Å². The highest BCUT2D eigenvalue weighted by molar-refractivity contribution is 7.92. The van der Waals surface area contributed by atoms with Gasteiger partial charge in [-0.3, -0.25) is 9.10 Å². The van der Waals surface area contributed by atoms with Gasteiger partial charge in [-0.25, -0.2) is 8.42 Å². The number of carbonyl (C=O) groups is 1. The van der Waals surface area contributed by atoms with Gasteiger partial charge in [-0.15, -0.1) is 0 Å². The van der Waals surface area contributed by atoms with E-state index in [0.717, 1.165) is 11.8 Å². The Bertz CT molecular complexity index is 899. The van der Waals surface area contributed by atoms with Gasteiger partial charge < -0.3 is 14.8 Å². The first kappa shape index (κ1) is 24.7. The Labute approximate surface area is 185 Å². The van der Waals surface area contributed by atoms with Crippen molar-refractivity contribution in [2.24, 2.45) is 0 Å². The molecule has 31 heavy (non-hydrogen) atoms. The van der Waals surface area contributed by atoms with Crippen molar-refractivity contribution in [3.8, 4) is 5.75 Å². The van der Waals surface area contributed by atoms with Crippen LogP contribution in [0.25, 0.3) is 0 Å². The van der Waals surface area contributed by atoms with Crippen LogP contribution in [0.2, 0.25) is 0 Å². The van der Waals surface area contributed by atoms with Crippen molar-refractivity contribution in [1.29, 1.82) is 0 Å². The number of nitrogens with one attached hydrogen (secondary N) is 1. The molecule has 0 aliphatic rings. The number of sulfonamides is 1. The summed E-state index contributed by atoms with van der Waals surface area (Å²) in [7, 11) is -3.46. The first-order valence-corrected chi connectivity index (χ1v) is 12.2. The van der Waals surface area contributed by atoms with Crippen molar-refractivity contribution >= 4 is 21.6 Å². The fourth-order valence-corrected chi connectivity index (χ4v) is 3.91. The first-order chi connectivity index (χ1) is 14.8. The quantitative estimate of drug-likeness (QED) is 0.475. The Morgan fingerprint density at radius 1 is 1.06 bits per heavy atom. The van der Waals surface area contributed by atoms with Gasteiger partial charge >= 0.3 is 0 Å². The van der Waals surface area contributed by atoms with E-state index in [1.54, 1.807) is 24.3 Å². The Hall–Kier alpha value is -2.58. The van der Waals surface area contributed by atoms with Crippen molar-refractivity contribution in [2.75, 3.05) is 30.3 Å². The maximum atomic E-state index is 12.2. The van der Waals surface area contributed by atoms with Gasteiger partial charge in [-0.1, -0.05) is 30.3 Å². The molecule has 0 radical (unpaired) electrons. The summed E-state index contributed by atoms with van der Waals surface area (Å²) in [6, 6.07) is 16.7. The topological polar surface area (TPSA) is 84.9 Å². The van der Waals surface area contributed by atoms with Gasteiger partial charge in [-0.05, 0) is 50.1 Å². The standard InChI is InChI=1S/C23H32N2O5S/c1-19(2)30-22-13-11-21(12-14-22)25(31(3,27)28)16-7-10-23(26)24-15-17-29-18-20-8-5-4-6-9-20/h4-6,8-9,11-14,19H,7,10,15-18H2,1-3H3,(H,24,26). The fraction of sp³-hybridized carbons (Fsp3) is 0.435. The summed E-state index contributed by atoms with van der Waals surface area (Å²) in [5.74, 6) is 0.554. The molecule has 0 atom stereocenters. The zero-order valence-corrected chi connectivity index (χ0v) is 19.2. The molecule has 0 spiro atoms. The molecule has 0 fully saturated rings. The smallest absolute Gasteiger partial charge is 0.232 e. The number of amides is 1. The van der Waals surface area contributed by atoms with Gasteiger partial charge in [0.15, 0.2) is 0 Å². The van der Waals surface area contributed by atoms with Crippen LogP contribution in [0.1, 0.15) is 32.3 Å². The maximum absolute atomic E-state index is 12.2. The average molecular weight is 449 g/mol. The van der Waals surface area contributed by atoms with E-state index in [1.165, 1.54) is 4.31 Å². The van der Waals surface area contributed by atoms with Crippen LogP contribution >= 0.6 is 0 Å². The molecule has 2 aromatic rings. The van der Waals surface area contributed by atoms with Crippen LogP contribution < -0.4 is 14.4 Å². The monoisotopic (exact) mass is 448 g/mol. The molecule has 1 amide bonds. The van der Waals surface area contributed by atoms with E-state index in [2.05, 4.69) is 5.32 Å². The molecule has 170 valence electrons. The van der Waals surface area contributed by atoms with E-state index in [1.807, 2.05) is 44.2 Å². The van der Waals surface area contributed by atoms with Gasteiger partial charge in [0, 0.05) is 19.5 Å². The van der Waals surface area contributed by atoms with Crippen LogP contribution in [0, 0.1) is 0 Å². The third-order valence-corrected chi connectivity index (χ3v) is 5.54. The summed E-state index contributed by atoms with van der Waals surface area (Å²) in [5.41, 5.74) is 1.63. The SMILES string of the molecule is CC(C)Oc1ccc(N(CCCC(=O)NCCOCc2ccccc2)S(C)(=O)=O)cc1. The van der Waals surface area contributed by atoms with Crippen LogP contribution in [0.5, 0.6) is 5.75 Å². The summed E-state index contributed by atoms with van der Waals surface area (Å²) < 4.78 is 36.9. The summed E-state index contributed by atoms with van der Waals surface area (Å²) in [6.07, 6.45) is 1.85. The molecule has 8 heteroatoms. The number of carbonyl (C=O) groups excluding carboxylic acids is 1. The molecule has 0 saturated heterocycles. The van der Waals surface area contributed by atoms with Crippen molar-refractivity contribution in [2.45, 2.75) is 39.4 Å². The van der Waals surface area contributed by atoms with E-state index in [4.69, 9.17) is 9.47 Å². The van der Waals surface area contributed by atoms with Gasteiger partial charge in [-0.2, -0.15) is 0 Å². The van der Waals surface area contributed by atoms with Gasteiger partial charge in [0.25, 0.3) is 0 Å². The average Bonchev–Trinajstić information content (AvgIpc) is 2.71. The van der Waals surface area contributed by atoms with E-state index in [-0.39, 0.29) is 25.0 Å². The van der Waals surface area contributed by atoms with Crippen molar-refractivity contribution in [1.82, 2.24) is 5.32 Å². The molecule has 0 aromatic heterocycles. The van der Waals surface area contributed by atoms with Gasteiger partial charge in [0.2, 0.25) is 15.9 Å². The third kappa shape index (κ3) is 9.40. The Morgan fingerprint density at radius 2 is 1.74 bits per heavy atom. The van der Waals surface area contributed by atoms with Gasteiger partial charge in [0.1, 0.15) is 5.75 Å². The Balaban J connectivity index is 1.73. The number of rotatable bonds is 13. The van der Waals surface area contributed by atoms with Crippen molar-refractivity contribution in [3.63, 3.8) is 0 Å². The zero-order chi connectivity index (χ0) is 22.7. The van der Waals surface area contributed by atoms with Crippen LogP contribution in [0.4, 0.5) is 5.69 Å². The second-order valence-corrected chi connectivity index (χ2v) is 9.39. The number of hydrogen-bond donors (Lipinski definition) is 1. The van der Waals surface area contributed by atoms with E-state index < -0.39 is 10.0 Å². The molecule has 0 aliphatic heterocycles. The highest BCUT2D eigenvalue weighted by Crippen LogP contribution is 2.22. The number of anilines is 1. The summed E-state index contributed by atoms with van der Waals surface area (Å²) in [4.78, 5) is 12.0. The molecule has 0 unspecified atom stereocenters. The van der Waals surface area contributed by atoms with Gasteiger partial charge in [0.05, 0.1) is 31.3 Å². The van der Waals surface area contributed by atoms with E-state index >= 15 is 0 Å².